The summed E-state index contributed by atoms with van der Waals surface area (Å²) in [5.74, 6) is 0. The number of hydrogen-bond donors (Lipinski definition) is 1. The number of hydrogen-bond acceptors (Lipinski definition) is 4. The second-order valence-corrected chi connectivity index (χ2v) is 4.93. The van der Waals surface area contributed by atoms with Crippen molar-refractivity contribution in [1.82, 2.24) is 18.7 Å². The predicted molar refractivity (Wildman–Crippen MR) is 69.6 cm³/mol. The Hall–Kier alpha value is -1.41. The lowest BCUT2D eigenvalue weighted by atomic mass is 10.4. The zero-order chi connectivity index (χ0) is 13.6. The van der Waals surface area contributed by atoms with Crippen LogP contribution in [-0.2, 0) is 20.6 Å². The van der Waals surface area contributed by atoms with Gasteiger partial charge in [0.15, 0.2) is 15.9 Å². The molecular weight excluding hydrogens is 304 g/mol. The lowest BCUT2D eigenvalue weighted by Gasteiger charge is -2.08. The quantitative estimate of drug-likeness (QED) is 0.763. The summed E-state index contributed by atoms with van der Waals surface area (Å²) in [5.41, 5.74) is -0.253. The Morgan fingerprint density at radius 2 is 1.94 bits per heavy atom. The van der Waals surface area contributed by atoms with Gasteiger partial charge in [0.05, 0.1) is 12.6 Å². The van der Waals surface area contributed by atoms with Crippen molar-refractivity contribution in [2.45, 2.75) is 19.6 Å². The van der Waals surface area contributed by atoms with Gasteiger partial charge in [-0.05, 0) is 22.9 Å². The van der Waals surface area contributed by atoms with Crippen molar-refractivity contribution in [2.75, 3.05) is 0 Å². The van der Waals surface area contributed by atoms with E-state index >= 15 is 0 Å². The van der Waals surface area contributed by atoms with Crippen LogP contribution in [0.5, 0.6) is 0 Å². The first-order chi connectivity index (χ1) is 8.34. The van der Waals surface area contributed by atoms with E-state index in [0.29, 0.717) is 15.9 Å². The van der Waals surface area contributed by atoms with Crippen molar-refractivity contribution in [3.05, 3.63) is 25.6 Å². The summed E-state index contributed by atoms with van der Waals surface area (Å²) in [6.45, 7) is 1.84. The van der Waals surface area contributed by atoms with Gasteiger partial charge in [-0.25, -0.2) is 9.78 Å². The van der Waals surface area contributed by atoms with E-state index < -0.39 is 17.4 Å². The highest BCUT2D eigenvalue weighted by Crippen LogP contribution is 2.16. The standard InChI is InChI=1S/C10H13BrN4O3/c1-5(16)4-15-6-7(12-9(15)11)13(2)10(18)14(3)8(6)17/h5,16H,4H2,1-3H3/t5-/m0/s1. The fourth-order valence-corrected chi connectivity index (χ4v) is 2.34. The molecule has 0 saturated heterocycles. The minimum atomic E-state index is -0.624. The summed E-state index contributed by atoms with van der Waals surface area (Å²) in [5, 5.41) is 9.45. The number of aryl methyl sites for hydroxylation is 1. The van der Waals surface area contributed by atoms with Gasteiger partial charge in [0.25, 0.3) is 5.56 Å². The van der Waals surface area contributed by atoms with E-state index in [0.717, 1.165) is 4.57 Å². The Kier molecular flexibility index (Phi) is 3.16. The molecule has 0 aliphatic heterocycles. The molecule has 2 heterocycles. The van der Waals surface area contributed by atoms with Crippen molar-refractivity contribution in [3.63, 3.8) is 0 Å². The summed E-state index contributed by atoms with van der Waals surface area (Å²) in [6, 6.07) is 0. The number of aliphatic hydroxyl groups excluding tert-OH is 1. The zero-order valence-electron chi connectivity index (χ0n) is 10.2. The minimum absolute atomic E-state index is 0.227. The number of aliphatic hydroxyl groups is 1. The van der Waals surface area contributed by atoms with E-state index in [1.54, 1.807) is 18.5 Å². The van der Waals surface area contributed by atoms with Gasteiger partial charge in [-0.1, -0.05) is 0 Å². The molecule has 0 spiro atoms. The Morgan fingerprint density at radius 1 is 1.33 bits per heavy atom. The summed E-state index contributed by atoms with van der Waals surface area (Å²) < 4.78 is 4.30. The second-order valence-electron chi connectivity index (χ2n) is 4.22. The molecule has 1 atom stereocenters. The van der Waals surface area contributed by atoms with Gasteiger partial charge in [-0.2, -0.15) is 0 Å². The van der Waals surface area contributed by atoms with Gasteiger partial charge in [0, 0.05) is 14.1 Å². The van der Waals surface area contributed by atoms with E-state index in [2.05, 4.69) is 20.9 Å². The number of imidazole rings is 1. The molecule has 0 saturated carbocycles. The lowest BCUT2D eigenvalue weighted by molar-refractivity contribution is 0.174. The van der Waals surface area contributed by atoms with Crippen molar-refractivity contribution < 1.29 is 5.11 Å². The largest absolute Gasteiger partial charge is 0.392 e. The SMILES string of the molecule is C[C@H](O)Cn1c(Br)nc2c1c(=O)n(C)c(=O)n2C. The third-order valence-corrected chi connectivity index (χ3v) is 3.35. The molecule has 18 heavy (non-hydrogen) atoms. The second kappa shape index (κ2) is 4.36. The predicted octanol–water partition coefficient (Wildman–Crippen LogP) is -0.423. The van der Waals surface area contributed by atoms with E-state index in [4.69, 9.17) is 0 Å². The Labute approximate surface area is 110 Å². The van der Waals surface area contributed by atoms with Crippen LogP contribution in [0.1, 0.15) is 6.92 Å². The van der Waals surface area contributed by atoms with Crippen molar-refractivity contribution >= 4 is 27.1 Å². The Morgan fingerprint density at radius 3 is 2.50 bits per heavy atom. The molecule has 0 fully saturated rings. The van der Waals surface area contributed by atoms with E-state index in [9.17, 15) is 14.7 Å². The van der Waals surface area contributed by atoms with Gasteiger partial charge in [0.1, 0.15) is 0 Å². The first-order valence-electron chi connectivity index (χ1n) is 5.34. The van der Waals surface area contributed by atoms with Crippen molar-refractivity contribution in [2.24, 2.45) is 14.1 Å². The summed E-state index contributed by atoms with van der Waals surface area (Å²) in [6.07, 6.45) is -0.624. The molecule has 8 heteroatoms. The van der Waals surface area contributed by atoms with Crippen LogP contribution in [0.3, 0.4) is 0 Å². The summed E-state index contributed by atoms with van der Waals surface area (Å²) in [7, 11) is 2.97. The lowest BCUT2D eigenvalue weighted by Crippen LogP contribution is -2.37. The monoisotopic (exact) mass is 316 g/mol. The molecule has 98 valence electrons. The Bertz CT molecular complexity index is 725. The maximum absolute atomic E-state index is 12.1. The maximum atomic E-state index is 12.1. The smallest absolute Gasteiger partial charge is 0.332 e. The van der Waals surface area contributed by atoms with Gasteiger partial charge >= 0.3 is 5.69 Å². The van der Waals surface area contributed by atoms with Gasteiger partial charge < -0.3 is 9.67 Å². The van der Waals surface area contributed by atoms with Crippen molar-refractivity contribution in [1.29, 1.82) is 0 Å². The highest BCUT2D eigenvalue weighted by molar-refractivity contribution is 9.10. The number of fused-ring (bicyclic) bond motifs is 1. The molecule has 0 bridgehead atoms. The fourth-order valence-electron chi connectivity index (χ4n) is 1.85. The van der Waals surface area contributed by atoms with Crippen LogP contribution in [0.15, 0.2) is 14.3 Å². The molecule has 2 rings (SSSR count). The molecule has 2 aromatic rings. The van der Waals surface area contributed by atoms with Crippen LogP contribution in [0.25, 0.3) is 11.2 Å². The highest BCUT2D eigenvalue weighted by Gasteiger charge is 2.18. The summed E-state index contributed by atoms with van der Waals surface area (Å²) >= 11 is 3.23. The molecule has 2 aromatic heterocycles. The van der Waals surface area contributed by atoms with E-state index in [1.165, 1.54) is 11.6 Å². The molecule has 7 nitrogen and oxygen atoms in total. The fraction of sp³-hybridized carbons (Fsp3) is 0.500. The number of aromatic nitrogens is 4. The number of nitrogens with zero attached hydrogens (tertiary/aromatic N) is 4. The molecule has 0 amide bonds. The molecule has 0 aromatic carbocycles. The minimum Gasteiger partial charge on any atom is -0.392 e. The van der Waals surface area contributed by atoms with E-state index in [1.807, 2.05) is 0 Å². The highest BCUT2D eigenvalue weighted by atomic mass is 79.9. The zero-order valence-corrected chi connectivity index (χ0v) is 11.8. The third-order valence-electron chi connectivity index (χ3n) is 2.75. The van der Waals surface area contributed by atoms with Crippen LogP contribution in [0.2, 0.25) is 0 Å². The van der Waals surface area contributed by atoms with E-state index in [-0.39, 0.29) is 6.54 Å². The van der Waals surface area contributed by atoms with Gasteiger partial charge in [-0.3, -0.25) is 13.9 Å². The normalized spacial score (nSPS) is 13.2. The van der Waals surface area contributed by atoms with Crippen LogP contribution < -0.4 is 11.2 Å². The average molecular weight is 317 g/mol. The first kappa shape index (κ1) is 13.0. The van der Waals surface area contributed by atoms with Crippen LogP contribution in [0, 0.1) is 0 Å². The average Bonchev–Trinajstić information content (AvgIpc) is 2.61. The van der Waals surface area contributed by atoms with Crippen molar-refractivity contribution in [3.8, 4) is 0 Å². The maximum Gasteiger partial charge on any atom is 0.332 e. The molecule has 0 radical (unpaired) electrons. The van der Waals surface area contributed by atoms with Crippen LogP contribution in [-0.4, -0.2) is 29.9 Å². The molecule has 0 aliphatic carbocycles. The Balaban J connectivity index is 2.95. The third kappa shape index (κ3) is 1.81. The van der Waals surface area contributed by atoms with Crippen LogP contribution in [0.4, 0.5) is 0 Å². The van der Waals surface area contributed by atoms with Gasteiger partial charge in [0.2, 0.25) is 0 Å². The van der Waals surface area contributed by atoms with Gasteiger partial charge in [-0.15, -0.1) is 0 Å². The summed E-state index contributed by atoms with van der Waals surface area (Å²) in [4.78, 5) is 28.0. The topological polar surface area (TPSA) is 82.1 Å². The number of rotatable bonds is 2. The molecular formula is C10H13BrN4O3. The molecule has 0 aliphatic rings. The number of halogens is 1. The molecule has 0 unspecified atom stereocenters. The molecule has 1 N–H and O–H groups in total. The van der Waals surface area contributed by atoms with Crippen LogP contribution >= 0.6 is 15.9 Å². The first-order valence-corrected chi connectivity index (χ1v) is 6.13.